The van der Waals surface area contributed by atoms with Gasteiger partial charge in [0.1, 0.15) is 19.0 Å². The van der Waals surface area contributed by atoms with Gasteiger partial charge in [0.25, 0.3) is 0 Å². The van der Waals surface area contributed by atoms with E-state index in [1.54, 1.807) is 6.92 Å². The summed E-state index contributed by atoms with van der Waals surface area (Å²) in [6, 6.07) is 12.3. The molecule has 122 valence electrons. The van der Waals surface area contributed by atoms with E-state index < -0.39 is 0 Å². The van der Waals surface area contributed by atoms with Crippen LogP contribution in [0.5, 0.6) is 5.75 Å². The second-order valence-electron chi connectivity index (χ2n) is 6.67. The number of rotatable bonds is 5. The van der Waals surface area contributed by atoms with Crippen molar-refractivity contribution < 1.29 is 14.3 Å². The van der Waals surface area contributed by atoms with E-state index in [0.29, 0.717) is 12.2 Å². The lowest BCUT2D eigenvalue weighted by molar-refractivity contribution is -0.139. The summed E-state index contributed by atoms with van der Waals surface area (Å²) < 4.78 is 10.9. The Labute approximate surface area is 137 Å². The van der Waals surface area contributed by atoms with E-state index in [0.717, 1.165) is 11.1 Å². The van der Waals surface area contributed by atoms with E-state index in [9.17, 15) is 4.79 Å². The van der Waals surface area contributed by atoms with Crippen molar-refractivity contribution >= 4 is 16.7 Å². The first-order valence-electron chi connectivity index (χ1n) is 7.78. The quantitative estimate of drug-likeness (QED) is 0.458. The molecule has 0 unspecified atom stereocenters. The number of hydrogen-bond acceptors (Lipinski definition) is 3. The summed E-state index contributed by atoms with van der Waals surface area (Å²) in [5, 5.41) is 2.27. The van der Waals surface area contributed by atoms with Crippen LogP contribution < -0.4 is 4.74 Å². The maximum atomic E-state index is 11.3. The van der Waals surface area contributed by atoms with E-state index in [-0.39, 0.29) is 18.0 Å². The summed E-state index contributed by atoms with van der Waals surface area (Å²) in [7, 11) is 0. The molecule has 0 aliphatic carbocycles. The molecule has 0 saturated carbocycles. The molecule has 2 aromatic rings. The van der Waals surface area contributed by atoms with Crippen LogP contribution >= 0.6 is 0 Å². The summed E-state index contributed by atoms with van der Waals surface area (Å²) in [6.07, 6.45) is 0. The molecule has 0 fully saturated rings. The number of ether oxygens (including phenoxy) is 2. The lowest BCUT2D eigenvalue weighted by Gasteiger charge is -2.22. The van der Waals surface area contributed by atoms with Gasteiger partial charge >= 0.3 is 5.97 Å². The first kappa shape index (κ1) is 17.1. The van der Waals surface area contributed by atoms with Crippen LogP contribution in [0.4, 0.5) is 0 Å². The fourth-order valence-electron chi connectivity index (χ4n) is 2.46. The summed E-state index contributed by atoms with van der Waals surface area (Å²) in [4.78, 5) is 11.3. The summed E-state index contributed by atoms with van der Waals surface area (Å²) in [5.74, 6) is 0.418. The van der Waals surface area contributed by atoms with Crippen LogP contribution in [0.15, 0.2) is 48.6 Å². The molecule has 0 bridgehead atoms. The third-order valence-corrected chi connectivity index (χ3v) is 3.61. The van der Waals surface area contributed by atoms with Crippen LogP contribution in [0.1, 0.15) is 33.3 Å². The zero-order valence-electron chi connectivity index (χ0n) is 14.3. The molecule has 0 atom stereocenters. The van der Waals surface area contributed by atoms with Crippen LogP contribution in [0.25, 0.3) is 10.8 Å². The number of fused-ring (bicyclic) bond motifs is 1. The molecule has 0 aromatic heterocycles. The Hall–Kier alpha value is -2.29. The van der Waals surface area contributed by atoms with Crippen LogP contribution in [-0.2, 0) is 14.9 Å². The zero-order valence-corrected chi connectivity index (χ0v) is 14.3. The summed E-state index contributed by atoms with van der Waals surface area (Å²) in [5.41, 5.74) is 1.74. The van der Waals surface area contributed by atoms with Gasteiger partial charge in [0.2, 0.25) is 0 Å². The van der Waals surface area contributed by atoms with Crippen molar-refractivity contribution in [3.8, 4) is 5.75 Å². The molecule has 0 aliphatic rings. The summed E-state index contributed by atoms with van der Waals surface area (Å²) in [6.45, 7) is 12.3. The molecule has 0 amide bonds. The third kappa shape index (κ3) is 4.13. The van der Waals surface area contributed by atoms with Gasteiger partial charge in [-0.2, -0.15) is 0 Å². The minimum Gasteiger partial charge on any atom is -0.489 e. The molecule has 0 N–H and O–H groups in total. The fourth-order valence-corrected chi connectivity index (χ4v) is 2.46. The van der Waals surface area contributed by atoms with Gasteiger partial charge in [-0.3, -0.25) is 0 Å². The van der Waals surface area contributed by atoms with Gasteiger partial charge in [-0.1, -0.05) is 57.7 Å². The minimum atomic E-state index is -0.387. The lowest BCUT2D eigenvalue weighted by atomic mass is 9.83. The predicted octanol–water partition coefficient (Wildman–Crippen LogP) is 4.64. The van der Waals surface area contributed by atoms with Gasteiger partial charge < -0.3 is 9.47 Å². The van der Waals surface area contributed by atoms with E-state index in [1.165, 1.54) is 10.9 Å². The van der Waals surface area contributed by atoms with Crippen molar-refractivity contribution in [3.05, 3.63) is 54.1 Å². The normalized spacial score (nSPS) is 11.3. The molecule has 3 nitrogen and oxygen atoms in total. The Balaban J connectivity index is 2.16. The standard InChI is InChI=1S/C20H24O3/c1-14(2)19(21)23-13-12-22-18-11-10-17(20(3,4)5)15-8-6-7-9-16(15)18/h6-11H,1,12-13H2,2-5H3. The molecule has 2 aromatic carbocycles. The Morgan fingerprint density at radius 3 is 2.30 bits per heavy atom. The molecule has 0 heterocycles. The van der Waals surface area contributed by atoms with Crippen molar-refractivity contribution in [2.45, 2.75) is 33.1 Å². The van der Waals surface area contributed by atoms with E-state index in [4.69, 9.17) is 9.47 Å². The first-order chi connectivity index (χ1) is 10.8. The van der Waals surface area contributed by atoms with Crippen molar-refractivity contribution in [3.63, 3.8) is 0 Å². The number of esters is 1. The maximum absolute atomic E-state index is 11.3. The molecule has 2 rings (SSSR count). The SMILES string of the molecule is C=C(C)C(=O)OCCOc1ccc(C(C)(C)C)c2ccccc12. The molecule has 3 heteroatoms. The molecular weight excluding hydrogens is 288 g/mol. The Bertz CT molecular complexity index is 723. The van der Waals surface area contributed by atoms with Crippen molar-refractivity contribution in [1.82, 2.24) is 0 Å². The molecule has 0 radical (unpaired) electrons. The van der Waals surface area contributed by atoms with Gasteiger partial charge in [-0.15, -0.1) is 0 Å². The average Bonchev–Trinajstić information content (AvgIpc) is 2.49. The number of hydrogen-bond donors (Lipinski definition) is 0. The number of carbonyl (C=O) groups excluding carboxylic acids is 1. The second-order valence-corrected chi connectivity index (χ2v) is 6.67. The van der Waals surface area contributed by atoms with Crippen LogP contribution in [0.2, 0.25) is 0 Å². The maximum Gasteiger partial charge on any atom is 0.333 e. The van der Waals surface area contributed by atoms with Crippen molar-refractivity contribution in [2.75, 3.05) is 13.2 Å². The monoisotopic (exact) mass is 312 g/mol. The molecular formula is C20H24O3. The largest absolute Gasteiger partial charge is 0.489 e. The zero-order chi connectivity index (χ0) is 17.0. The van der Waals surface area contributed by atoms with E-state index in [1.807, 2.05) is 18.2 Å². The van der Waals surface area contributed by atoms with Crippen molar-refractivity contribution in [1.29, 1.82) is 0 Å². The highest BCUT2D eigenvalue weighted by Crippen LogP contribution is 2.34. The van der Waals surface area contributed by atoms with Gasteiger partial charge in [-0.05, 0) is 29.4 Å². The fraction of sp³-hybridized carbons (Fsp3) is 0.350. The van der Waals surface area contributed by atoms with Crippen LogP contribution in [-0.4, -0.2) is 19.2 Å². The van der Waals surface area contributed by atoms with Crippen LogP contribution in [0, 0.1) is 0 Å². The molecule has 0 aliphatic heterocycles. The lowest BCUT2D eigenvalue weighted by Crippen LogP contribution is -2.14. The van der Waals surface area contributed by atoms with Crippen molar-refractivity contribution in [2.24, 2.45) is 0 Å². The Morgan fingerprint density at radius 1 is 1.04 bits per heavy atom. The Kier molecular flexibility index (Phi) is 5.09. The first-order valence-corrected chi connectivity index (χ1v) is 7.78. The second kappa shape index (κ2) is 6.86. The summed E-state index contributed by atoms with van der Waals surface area (Å²) >= 11 is 0. The average molecular weight is 312 g/mol. The smallest absolute Gasteiger partial charge is 0.333 e. The van der Waals surface area contributed by atoms with Gasteiger partial charge in [0.05, 0.1) is 0 Å². The van der Waals surface area contributed by atoms with Gasteiger partial charge in [0.15, 0.2) is 0 Å². The topological polar surface area (TPSA) is 35.5 Å². The number of carbonyl (C=O) groups is 1. The van der Waals surface area contributed by atoms with E-state index >= 15 is 0 Å². The predicted molar refractivity (Wildman–Crippen MR) is 93.9 cm³/mol. The van der Waals surface area contributed by atoms with Crippen LogP contribution in [0.3, 0.4) is 0 Å². The minimum absolute atomic E-state index is 0.0646. The highest BCUT2D eigenvalue weighted by molar-refractivity contribution is 5.91. The highest BCUT2D eigenvalue weighted by Gasteiger charge is 2.18. The van der Waals surface area contributed by atoms with Gasteiger partial charge in [0, 0.05) is 11.0 Å². The van der Waals surface area contributed by atoms with E-state index in [2.05, 4.69) is 45.5 Å². The molecule has 23 heavy (non-hydrogen) atoms. The third-order valence-electron chi connectivity index (χ3n) is 3.61. The highest BCUT2D eigenvalue weighted by atomic mass is 16.6. The Morgan fingerprint density at radius 2 is 1.70 bits per heavy atom. The number of benzene rings is 2. The molecule has 0 spiro atoms. The van der Waals surface area contributed by atoms with Gasteiger partial charge in [-0.25, -0.2) is 4.79 Å². The molecule has 0 saturated heterocycles.